The van der Waals surface area contributed by atoms with Gasteiger partial charge in [0.1, 0.15) is 0 Å². The quantitative estimate of drug-likeness (QED) is 0.589. The monoisotopic (exact) mass is 450 g/mol. The number of halogens is 1. The molecule has 0 saturated carbocycles. The van der Waals surface area contributed by atoms with Gasteiger partial charge in [-0.1, -0.05) is 28.1 Å². The Morgan fingerprint density at radius 2 is 1.81 bits per heavy atom. The second kappa shape index (κ2) is 8.03. The molecule has 5 nitrogen and oxygen atoms in total. The van der Waals surface area contributed by atoms with Crippen LogP contribution in [-0.4, -0.2) is 14.3 Å². The van der Waals surface area contributed by atoms with E-state index in [0.29, 0.717) is 17.8 Å². The average molecular weight is 451 g/mol. The fourth-order valence-electron chi connectivity index (χ4n) is 2.23. The number of sulfonamides is 1. The van der Waals surface area contributed by atoms with Crippen molar-refractivity contribution in [3.63, 3.8) is 0 Å². The predicted molar refractivity (Wildman–Crippen MR) is 107 cm³/mol. The summed E-state index contributed by atoms with van der Waals surface area (Å²) < 4.78 is 28.2. The predicted octanol–water partition coefficient (Wildman–Crippen LogP) is 4.24. The SMILES string of the molecule is O=C(NCc1cccs1)c1cccc(NS(=O)(=O)c2ccc(Br)cc2)c1. The second-order valence-electron chi connectivity index (χ2n) is 5.40. The lowest BCUT2D eigenvalue weighted by molar-refractivity contribution is 0.0951. The molecule has 26 heavy (non-hydrogen) atoms. The van der Waals surface area contributed by atoms with E-state index in [1.54, 1.807) is 41.7 Å². The zero-order chi connectivity index (χ0) is 18.6. The first-order valence-corrected chi connectivity index (χ1v) is 10.8. The minimum atomic E-state index is -3.72. The van der Waals surface area contributed by atoms with Crippen LogP contribution in [0.4, 0.5) is 5.69 Å². The molecule has 2 N–H and O–H groups in total. The molecule has 0 fully saturated rings. The average Bonchev–Trinajstić information content (AvgIpc) is 3.13. The van der Waals surface area contributed by atoms with E-state index < -0.39 is 10.0 Å². The van der Waals surface area contributed by atoms with Crippen molar-refractivity contribution in [2.45, 2.75) is 11.4 Å². The maximum atomic E-state index is 12.4. The summed E-state index contributed by atoms with van der Waals surface area (Å²) in [5.74, 6) is -0.261. The highest BCUT2D eigenvalue weighted by atomic mass is 79.9. The van der Waals surface area contributed by atoms with E-state index >= 15 is 0 Å². The molecule has 0 atom stereocenters. The molecule has 0 aliphatic carbocycles. The van der Waals surface area contributed by atoms with Gasteiger partial charge >= 0.3 is 0 Å². The van der Waals surface area contributed by atoms with Crippen LogP contribution < -0.4 is 10.0 Å². The number of amides is 1. The molecule has 1 amide bonds. The molecular formula is C18H15BrN2O3S2. The Labute approximate surface area is 164 Å². The maximum absolute atomic E-state index is 12.4. The molecule has 0 unspecified atom stereocenters. The first-order chi connectivity index (χ1) is 12.4. The Morgan fingerprint density at radius 1 is 1.04 bits per heavy atom. The zero-order valence-electron chi connectivity index (χ0n) is 13.5. The van der Waals surface area contributed by atoms with Crippen LogP contribution in [0.25, 0.3) is 0 Å². The van der Waals surface area contributed by atoms with Gasteiger partial charge in [-0.15, -0.1) is 11.3 Å². The fourth-order valence-corrected chi connectivity index (χ4v) is 4.19. The molecule has 0 spiro atoms. The van der Waals surface area contributed by atoms with E-state index in [4.69, 9.17) is 0 Å². The van der Waals surface area contributed by atoms with Crippen LogP contribution in [0.1, 0.15) is 15.2 Å². The van der Waals surface area contributed by atoms with Gasteiger partial charge in [0.05, 0.1) is 11.4 Å². The minimum absolute atomic E-state index is 0.147. The van der Waals surface area contributed by atoms with Gasteiger partial charge in [0.2, 0.25) is 0 Å². The van der Waals surface area contributed by atoms with Gasteiger partial charge in [-0.2, -0.15) is 0 Å². The molecular weight excluding hydrogens is 436 g/mol. The number of hydrogen-bond donors (Lipinski definition) is 2. The number of hydrogen-bond acceptors (Lipinski definition) is 4. The Kier molecular flexibility index (Phi) is 5.75. The summed E-state index contributed by atoms with van der Waals surface area (Å²) in [6, 6.07) is 16.6. The molecule has 1 heterocycles. The Hall–Kier alpha value is -2.16. The highest BCUT2D eigenvalue weighted by Gasteiger charge is 2.15. The Balaban J connectivity index is 1.72. The van der Waals surface area contributed by atoms with Gasteiger partial charge in [0.15, 0.2) is 0 Å². The normalized spacial score (nSPS) is 11.1. The van der Waals surface area contributed by atoms with E-state index in [1.807, 2.05) is 17.5 Å². The van der Waals surface area contributed by atoms with E-state index in [9.17, 15) is 13.2 Å². The summed E-state index contributed by atoms with van der Waals surface area (Å²) in [7, 11) is -3.72. The van der Waals surface area contributed by atoms with Crippen LogP contribution in [0.3, 0.4) is 0 Å². The van der Waals surface area contributed by atoms with Crippen LogP contribution in [0.15, 0.2) is 75.4 Å². The van der Waals surface area contributed by atoms with Crippen molar-refractivity contribution in [3.8, 4) is 0 Å². The smallest absolute Gasteiger partial charge is 0.261 e. The number of carbonyl (C=O) groups excluding carboxylic acids is 1. The van der Waals surface area contributed by atoms with Crippen molar-refractivity contribution in [2.75, 3.05) is 4.72 Å². The molecule has 2 aromatic carbocycles. The summed E-state index contributed by atoms with van der Waals surface area (Å²) in [5, 5.41) is 4.76. The van der Waals surface area contributed by atoms with Gasteiger partial charge in [0, 0.05) is 20.6 Å². The van der Waals surface area contributed by atoms with Crippen molar-refractivity contribution in [3.05, 3.63) is 81.0 Å². The molecule has 3 aromatic rings. The second-order valence-corrected chi connectivity index (χ2v) is 9.03. The lowest BCUT2D eigenvalue weighted by atomic mass is 10.2. The van der Waals surface area contributed by atoms with E-state index in [0.717, 1.165) is 9.35 Å². The number of rotatable bonds is 6. The van der Waals surface area contributed by atoms with Crippen LogP contribution in [0, 0.1) is 0 Å². The van der Waals surface area contributed by atoms with Gasteiger partial charge < -0.3 is 5.32 Å². The third-order valence-corrected chi connectivity index (χ3v) is 6.31. The summed E-state index contributed by atoms with van der Waals surface area (Å²) in [6.45, 7) is 0.436. The van der Waals surface area contributed by atoms with E-state index in [2.05, 4.69) is 26.0 Å². The van der Waals surface area contributed by atoms with Gasteiger partial charge in [0.25, 0.3) is 15.9 Å². The summed E-state index contributed by atoms with van der Waals surface area (Å²) >= 11 is 4.83. The van der Waals surface area contributed by atoms with Crippen molar-refractivity contribution < 1.29 is 13.2 Å². The molecule has 0 aliphatic rings. The number of thiophene rings is 1. The molecule has 0 radical (unpaired) electrons. The molecule has 8 heteroatoms. The number of anilines is 1. The van der Waals surface area contributed by atoms with Gasteiger partial charge in [-0.25, -0.2) is 8.42 Å². The summed E-state index contributed by atoms with van der Waals surface area (Å²) in [5.41, 5.74) is 0.717. The third kappa shape index (κ3) is 4.72. The lowest BCUT2D eigenvalue weighted by Gasteiger charge is -2.10. The Bertz CT molecular complexity index is 1000. The van der Waals surface area contributed by atoms with Crippen molar-refractivity contribution in [1.82, 2.24) is 5.32 Å². The third-order valence-electron chi connectivity index (χ3n) is 3.50. The number of carbonyl (C=O) groups is 1. The van der Waals surface area contributed by atoms with Crippen LogP contribution in [-0.2, 0) is 16.6 Å². The molecule has 0 aliphatic heterocycles. The van der Waals surface area contributed by atoms with Crippen molar-refractivity contribution >= 4 is 48.9 Å². The van der Waals surface area contributed by atoms with Crippen molar-refractivity contribution in [2.24, 2.45) is 0 Å². The maximum Gasteiger partial charge on any atom is 0.261 e. The van der Waals surface area contributed by atoms with E-state index in [1.165, 1.54) is 18.2 Å². The van der Waals surface area contributed by atoms with Crippen LogP contribution >= 0.6 is 27.3 Å². The molecule has 1 aromatic heterocycles. The van der Waals surface area contributed by atoms with Gasteiger partial charge in [-0.05, 0) is 53.9 Å². The fraction of sp³-hybridized carbons (Fsp3) is 0.0556. The largest absolute Gasteiger partial charge is 0.347 e. The number of benzene rings is 2. The summed E-state index contributed by atoms with van der Waals surface area (Å²) in [6.07, 6.45) is 0. The first-order valence-electron chi connectivity index (χ1n) is 7.63. The summed E-state index contributed by atoms with van der Waals surface area (Å²) in [4.78, 5) is 13.5. The molecule has 0 saturated heterocycles. The molecule has 3 rings (SSSR count). The molecule has 134 valence electrons. The highest BCUT2D eigenvalue weighted by molar-refractivity contribution is 9.10. The number of nitrogens with one attached hydrogen (secondary N) is 2. The minimum Gasteiger partial charge on any atom is -0.347 e. The van der Waals surface area contributed by atoms with Crippen LogP contribution in [0.5, 0.6) is 0 Å². The zero-order valence-corrected chi connectivity index (χ0v) is 16.7. The first kappa shape index (κ1) is 18.6. The Morgan fingerprint density at radius 3 is 2.50 bits per heavy atom. The topological polar surface area (TPSA) is 75.3 Å². The lowest BCUT2D eigenvalue weighted by Crippen LogP contribution is -2.22. The highest BCUT2D eigenvalue weighted by Crippen LogP contribution is 2.19. The standard InChI is InChI=1S/C18H15BrN2O3S2/c19-14-6-8-17(9-7-14)26(23,24)21-15-4-1-3-13(11-15)18(22)20-12-16-5-2-10-25-16/h1-11,21H,12H2,(H,20,22). The molecule has 0 bridgehead atoms. The van der Waals surface area contributed by atoms with Gasteiger partial charge in [-0.3, -0.25) is 9.52 Å². The van der Waals surface area contributed by atoms with Crippen LogP contribution in [0.2, 0.25) is 0 Å². The van der Waals surface area contributed by atoms with E-state index in [-0.39, 0.29) is 10.8 Å². The van der Waals surface area contributed by atoms with Crippen molar-refractivity contribution in [1.29, 1.82) is 0 Å².